The molecule has 0 bridgehead atoms. The van der Waals surface area contributed by atoms with Crippen LogP contribution in [0.5, 0.6) is 11.5 Å². The fourth-order valence-electron chi connectivity index (χ4n) is 3.60. The lowest BCUT2D eigenvalue weighted by Crippen LogP contribution is -2.30. The van der Waals surface area contributed by atoms with E-state index in [1.54, 1.807) is 37.4 Å². The van der Waals surface area contributed by atoms with Crippen LogP contribution in [0, 0.1) is 13.8 Å². The van der Waals surface area contributed by atoms with Crippen LogP contribution in [-0.2, 0) is 4.74 Å². The minimum absolute atomic E-state index is 0.0312. The highest BCUT2D eigenvalue weighted by molar-refractivity contribution is 6.35. The maximum Gasteiger partial charge on any atom is 0.338 e. The van der Waals surface area contributed by atoms with Crippen molar-refractivity contribution in [1.82, 2.24) is 0 Å². The average molecular weight is 445 g/mol. The third-order valence-corrected chi connectivity index (χ3v) is 5.37. The largest absolute Gasteiger partial charge is 0.497 e. The number of hydrogen-bond donors (Lipinski definition) is 0. The van der Waals surface area contributed by atoms with Crippen LogP contribution < -0.4 is 14.4 Å². The number of amides is 2. The first-order valence-corrected chi connectivity index (χ1v) is 10.4. The quantitative estimate of drug-likeness (QED) is 0.306. The van der Waals surface area contributed by atoms with E-state index in [9.17, 15) is 14.4 Å². The molecule has 33 heavy (non-hydrogen) atoms. The normalized spacial score (nSPS) is 12.5. The molecule has 1 aliphatic rings. The molecule has 0 N–H and O–H groups in total. The van der Waals surface area contributed by atoms with Gasteiger partial charge in [-0.3, -0.25) is 9.59 Å². The van der Waals surface area contributed by atoms with Gasteiger partial charge in [0.2, 0.25) is 0 Å². The predicted octanol–water partition coefficient (Wildman–Crippen LogP) is 4.35. The molecule has 0 saturated carbocycles. The van der Waals surface area contributed by atoms with E-state index in [-0.39, 0.29) is 29.9 Å². The van der Waals surface area contributed by atoms with Crippen molar-refractivity contribution >= 4 is 23.5 Å². The van der Waals surface area contributed by atoms with Crippen LogP contribution in [-0.4, -0.2) is 38.1 Å². The van der Waals surface area contributed by atoms with Crippen LogP contribution in [0.15, 0.2) is 60.7 Å². The van der Waals surface area contributed by atoms with Crippen molar-refractivity contribution in [3.63, 3.8) is 0 Å². The zero-order valence-corrected chi connectivity index (χ0v) is 18.6. The highest BCUT2D eigenvalue weighted by Crippen LogP contribution is 2.32. The van der Waals surface area contributed by atoms with Crippen molar-refractivity contribution in [2.24, 2.45) is 0 Å². The number of benzene rings is 3. The lowest BCUT2D eigenvalue weighted by molar-refractivity contribution is 0.0450. The van der Waals surface area contributed by atoms with Crippen LogP contribution in [0.1, 0.15) is 42.2 Å². The number of imide groups is 1. The van der Waals surface area contributed by atoms with Gasteiger partial charge in [-0.1, -0.05) is 12.1 Å². The Morgan fingerprint density at radius 3 is 2.24 bits per heavy atom. The molecule has 0 aliphatic carbocycles. The topological polar surface area (TPSA) is 82.1 Å². The second-order valence-electron chi connectivity index (χ2n) is 7.66. The Morgan fingerprint density at radius 2 is 1.52 bits per heavy atom. The molecule has 0 radical (unpaired) electrons. The molecular formula is C26H23NO6. The molecule has 0 saturated heterocycles. The molecule has 4 rings (SSSR count). The monoisotopic (exact) mass is 445 g/mol. The Labute approximate surface area is 191 Å². The van der Waals surface area contributed by atoms with Crippen LogP contribution in [0.25, 0.3) is 0 Å². The molecule has 0 spiro atoms. The summed E-state index contributed by atoms with van der Waals surface area (Å²) < 4.78 is 15.9. The van der Waals surface area contributed by atoms with Crippen molar-refractivity contribution in [2.75, 3.05) is 25.2 Å². The second kappa shape index (κ2) is 9.16. The van der Waals surface area contributed by atoms with E-state index in [1.165, 1.54) is 18.2 Å². The molecule has 1 aliphatic heterocycles. The van der Waals surface area contributed by atoms with Crippen LogP contribution in [0.2, 0.25) is 0 Å². The number of esters is 1. The SMILES string of the molecule is COc1ccc(OCCOC(=O)c2ccc3c(c2)C(=O)N(c2cc(C)ccc2C)C3=O)cc1. The molecule has 7 nitrogen and oxygen atoms in total. The summed E-state index contributed by atoms with van der Waals surface area (Å²) in [5.41, 5.74) is 2.94. The molecule has 7 heteroatoms. The molecular weight excluding hydrogens is 422 g/mol. The summed E-state index contributed by atoms with van der Waals surface area (Å²) in [6, 6.07) is 17.0. The van der Waals surface area contributed by atoms with Gasteiger partial charge in [0.25, 0.3) is 11.8 Å². The zero-order valence-electron chi connectivity index (χ0n) is 18.6. The number of hydrogen-bond acceptors (Lipinski definition) is 6. The second-order valence-corrected chi connectivity index (χ2v) is 7.66. The fourth-order valence-corrected chi connectivity index (χ4v) is 3.60. The molecule has 0 aromatic heterocycles. The summed E-state index contributed by atoms with van der Waals surface area (Å²) in [6.45, 7) is 3.94. The number of fused-ring (bicyclic) bond motifs is 1. The summed E-state index contributed by atoms with van der Waals surface area (Å²) in [7, 11) is 1.58. The standard InChI is InChI=1S/C26H23NO6/c1-16-4-5-17(2)23(14-16)27-24(28)21-11-6-18(15-22(21)25(27)29)26(30)33-13-12-32-20-9-7-19(31-3)8-10-20/h4-11,14-15H,12-13H2,1-3H3. The number of carbonyl (C=O) groups excluding carboxylic acids is 3. The lowest BCUT2D eigenvalue weighted by atomic mass is 10.1. The molecule has 2 amide bonds. The Hall–Kier alpha value is -4.13. The number of methoxy groups -OCH3 is 1. The van der Waals surface area contributed by atoms with Gasteiger partial charge in [0, 0.05) is 0 Å². The number of nitrogens with zero attached hydrogens (tertiary/aromatic N) is 1. The number of carbonyl (C=O) groups is 3. The molecule has 0 atom stereocenters. The lowest BCUT2D eigenvalue weighted by Gasteiger charge is -2.17. The molecule has 3 aromatic rings. The van der Waals surface area contributed by atoms with E-state index in [0.29, 0.717) is 11.4 Å². The van der Waals surface area contributed by atoms with Gasteiger partial charge in [0.05, 0.1) is 29.5 Å². The Balaban J connectivity index is 1.42. The Kier molecular flexibility index (Phi) is 6.13. The maximum atomic E-state index is 13.0. The van der Waals surface area contributed by atoms with Crippen molar-refractivity contribution in [2.45, 2.75) is 13.8 Å². The number of anilines is 1. The van der Waals surface area contributed by atoms with Gasteiger partial charge >= 0.3 is 5.97 Å². The maximum absolute atomic E-state index is 13.0. The molecule has 3 aromatic carbocycles. The highest BCUT2D eigenvalue weighted by atomic mass is 16.6. The summed E-state index contributed by atoms with van der Waals surface area (Å²) in [6.07, 6.45) is 0. The van der Waals surface area contributed by atoms with Gasteiger partial charge in [-0.2, -0.15) is 0 Å². The summed E-state index contributed by atoms with van der Waals surface area (Å²) >= 11 is 0. The highest BCUT2D eigenvalue weighted by Gasteiger charge is 2.38. The first-order chi connectivity index (χ1) is 15.9. The fraction of sp³-hybridized carbons (Fsp3) is 0.192. The van der Waals surface area contributed by atoms with Gasteiger partial charge in [-0.05, 0) is 73.5 Å². The van der Waals surface area contributed by atoms with E-state index in [4.69, 9.17) is 14.2 Å². The minimum atomic E-state index is -0.596. The first-order valence-electron chi connectivity index (χ1n) is 10.4. The molecule has 0 unspecified atom stereocenters. The first kappa shape index (κ1) is 22.1. The van der Waals surface area contributed by atoms with E-state index in [2.05, 4.69) is 0 Å². The van der Waals surface area contributed by atoms with Gasteiger partial charge in [0.1, 0.15) is 24.7 Å². The van der Waals surface area contributed by atoms with Gasteiger partial charge < -0.3 is 14.2 Å². The van der Waals surface area contributed by atoms with E-state index in [0.717, 1.165) is 21.8 Å². The van der Waals surface area contributed by atoms with E-state index >= 15 is 0 Å². The summed E-state index contributed by atoms with van der Waals surface area (Å²) in [5, 5.41) is 0. The van der Waals surface area contributed by atoms with Crippen LogP contribution >= 0.6 is 0 Å². The number of rotatable bonds is 7. The Bertz CT molecular complexity index is 1230. The molecule has 168 valence electrons. The van der Waals surface area contributed by atoms with Crippen molar-refractivity contribution in [3.05, 3.63) is 88.5 Å². The molecule has 1 heterocycles. The molecule has 0 fully saturated rings. The van der Waals surface area contributed by atoms with Crippen molar-refractivity contribution < 1.29 is 28.6 Å². The summed E-state index contributed by atoms with van der Waals surface area (Å²) in [4.78, 5) is 39.6. The van der Waals surface area contributed by atoms with E-state index < -0.39 is 17.8 Å². The van der Waals surface area contributed by atoms with Crippen LogP contribution in [0.3, 0.4) is 0 Å². The average Bonchev–Trinajstić information content (AvgIpc) is 3.08. The Morgan fingerprint density at radius 1 is 0.818 bits per heavy atom. The third kappa shape index (κ3) is 4.43. The predicted molar refractivity (Wildman–Crippen MR) is 122 cm³/mol. The van der Waals surface area contributed by atoms with Crippen LogP contribution in [0.4, 0.5) is 5.69 Å². The van der Waals surface area contributed by atoms with Crippen molar-refractivity contribution in [3.8, 4) is 11.5 Å². The number of aryl methyl sites for hydroxylation is 2. The van der Waals surface area contributed by atoms with Gasteiger partial charge in [-0.15, -0.1) is 0 Å². The van der Waals surface area contributed by atoms with Crippen molar-refractivity contribution in [1.29, 1.82) is 0 Å². The summed E-state index contributed by atoms with van der Waals surface area (Å²) in [5.74, 6) is -0.117. The number of ether oxygens (including phenoxy) is 3. The van der Waals surface area contributed by atoms with Gasteiger partial charge in [0.15, 0.2) is 0 Å². The van der Waals surface area contributed by atoms with E-state index in [1.807, 2.05) is 26.0 Å². The smallest absolute Gasteiger partial charge is 0.338 e. The third-order valence-electron chi connectivity index (χ3n) is 5.37. The zero-order chi connectivity index (χ0) is 23.5. The minimum Gasteiger partial charge on any atom is -0.497 e. The van der Waals surface area contributed by atoms with Gasteiger partial charge in [-0.25, -0.2) is 9.69 Å².